The zero-order valence-electron chi connectivity index (χ0n) is 26.2. The van der Waals surface area contributed by atoms with Gasteiger partial charge in [-0.3, -0.25) is 20.0 Å². The molecule has 0 atom stereocenters. The molecular weight excluding hydrogens is 587 g/mol. The van der Waals surface area contributed by atoms with Gasteiger partial charge in [0.1, 0.15) is 5.60 Å². The Hall–Kier alpha value is -4.23. The largest absolute Gasteiger partial charge is 0.444 e. The summed E-state index contributed by atoms with van der Waals surface area (Å²) in [5.41, 5.74) is 1.22. The molecule has 0 saturated carbocycles. The van der Waals surface area contributed by atoms with Crippen molar-refractivity contribution in [1.82, 2.24) is 19.8 Å². The molecule has 1 aliphatic heterocycles. The molecule has 0 radical (unpaired) electrons. The molecule has 10 nitrogen and oxygen atoms in total. The van der Waals surface area contributed by atoms with Crippen molar-refractivity contribution in [3.8, 4) is 0 Å². The summed E-state index contributed by atoms with van der Waals surface area (Å²) in [6.07, 6.45) is -2.31. The van der Waals surface area contributed by atoms with Crippen molar-refractivity contribution in [3.05, 3.63) is 76.7 Å². The number of aromatic nitrogens is 2. The molecule has 45 heavy (non-hydrogen) atoms. The number of aryl methyl sites for hydroxylation is 1. The molecule has 0 spiro atoms. The minimum Gasteiger partial charge on any atom is -0.444 e. The summed E-state index contributed by atoms with van der Waals surface area (Å²) in [6, 6.07) is 8.95. The van der Waals surface area contributed by atoms with Crippen LogP contribution in [0.3, 0.4) is 0 Å². The zero-order valence-corrected chi connectivity index (χ0v) is 26.2. The Kier molecular flexibility index (Phi) is 10.7. The molecule has 1 fully saturated rings. The van der Waals surface area contributed by atoms with Gasteiger partial charge in [-0.2, -0.15) is 13.2 Å². The molecule has 2 aromatic carbocycles. The van der Waals surface area contributed by atoms with Crippen LogP contribution >= 0.6 is 0 Å². The van der Waals surface area contributed by atoms with E-state index in [0.29, 0.717) is 36.7 Å². The SMILES string of the molecule is CCN1CCN(Cc2ccc(C(=O)Nc3ccc(C)c(NCc4cnc(NC(=O)OC(C)(C)C)cn4)c3)cc2C(F)(F)F)CC1. The number of anilines is 3. The number of ether oxygens (including phenoxy) is 1. The van der Waals surface area contributed by atoms with Gasteiger partial charge in [0, 0.05) is 49.7 Å². The summed E-state index contributed by atoms with van der Waals surface area (Å²) in [4.78, 5) is 37.7. The first-order valence-electron chi connectivity index (χ1n) is 14.8. The monoisotopic (exact) mass is 627 g/mol. The Morgan fingerprint density at radius 1 is 0.933 bits per heavy atom. The highest BCUT2D eigenvalue weighted by molar-refractivity contribution is 6.04. The Bertz CT molecular complexity index is 1480. The average Bonchev–Trinajstić information content (AvgIpc) is 2.97. The van der Waals surface area contributed by atoms with Crippen molar-refractivity contribution in [3.63, 3.8) is 0 Å². The maximum atomic E-state index is 14.0. The van der Waals surface area contributed by atoms with Crippen LogP contribution in [0.1, 0.15) is 60.4 Å². The Balaban J connectivity index is 1.39. The molecule has 13 heteroatoms. The maximum Gasteiger partial charge on any atom is 0.416 e. The number of nitrogens with zero attached hydrogens (tertiary/aromatic N) is 4. The third kappa shape index (κ3) is 9.88. The van der Waals surface area contributed by atoms with E-state index in [1.165, 1.54) is 24.5 Å². The van der Waals surface area contributed by atoms with Gasteiger partial charge in [0.2, 0.25) is 0 Å². The van der Waals surface area contributed by atoms with Crippen LogP contribution in [0.2, 0.25) is 0 Å². The Labute approximate surface area is 261 Å². The summed E-state index contributed by atoms with van der Waals surface area (Å²) in [7, 11) is 0. The molecule has 0 unspecified atom stereocenters. The van der Waals surface area contributed by atoms with E-state index in [4.69, 9.17) is 4.74 Å². The van der Waals surface area contributed by atoms with Crippen molar-refractivity contribution in [1.29, 1.82) is 0 Å². The Morgan fingerprint density at radius 2 is 1.64 bits per heavy atom. The number of carbonyl (C=O) groups excluding carboxylic acids is 2. The summed E-state index contributed by atoms with van der Waals surface area (Å²) in [5, 5.41) is 8.47. The van der Waals surface area contributed by atoms with E-state index in [0.717, 1.165) is 31.3 Å². The Morgan fingerprint density at radius 3 is 2.27 bits per heavy atom. The van der Waals surface area contributed by atoms with Crippen LogP contribution in [-0.4, -0.2) is 70.1 Å². The number of hydrogen-bond donors (Lipinski definition) is 3. The molecule has 2 amide bonds. The molecule has 1 aromatic heterocycles. The number of benzene rings is 2. The fourth-order valence-electron chi connectivity index (χ4n) is 4.82. The first-order chi connectivity index (χ1) is 21.2. The third-order valence-corrected chi connectivity index (χ3v) is 7.27. The van der Waals surface area contributed by atoms with Crippen molar-refractivity contribution in [2.75, 3.05) is 48.7 Å². The minimum atomic E-state index is -4.59. The number of piperazine rings is 1. The topological polar surface area (TPSA) is 112 Å². The van der Waals surface area contributed by atoms with Crippen LogP contribution in [0, 0.1) is 6.92 Å². The normalized spacial score (nSPS) is 14.6. The van der Waals surface area contributed by atoms with E-state index in [1.54, 1.807) is 39.0 Å². The van der Waals surface area contributed by atoms with E-state index in [2.05, 4.69) is 37.7 Å². The van der Waals surface area contributed by atoms with Crippen LogP contribution in [0.15, 0.2) is 48.8 Å². The number of likely N-dealkylation sites (N-methyl/N-ethyl adjacent to an activating group) is 1. The number of halogens is 3. The number of nitrogens with one attached hydrogen (secondary N) is 3. The summed E-state index contributed by atoms with van der Waals surface area (Å²) >= 11 is 0. The van der Waals surface area contributed by atoms with Crippen LogP contribution in [0.4, 0.5) is 35.2 Å². The van der Waals surface area contributed by atoms with Crippen LogP contribution < -0.4 is 16.0 Å². The number of rotatable bonds is 9. The molecule has 1 saturated heterocycles. The number of carbonyl (C=O) groups is 2. The lowest BCUT2D eigenvalue weighted by atomic mass is 10.0. The standard InChI is InChI=1S/C32H40F3N7O3/c1-6-41-11-13-42(14-12-41)20-23-9-8-22(15-26(23)32(33,34)35)29(43)39-24-10-7-21(2)27(16-24)37-17-25-18-38-28(19-36-25)40-30(44)45-31(3,4)5/h7-10,15-16,18-19,37H,6,11-14,17,20H2,1-5H3,(H,39,43)(H,38,40,44). The molecular formula is C32H40F3N7O3. The predicted octanol–water partition coefficient (Wildman–Crippen LogP) is 6.15. The third-order valence-electron chi connectivity index (χ3n) is 7.27. The van der Waals surface area contributed by atoms with Gasteiger partial charge in [0.15, 0.2) is 5.82 Å². The maximum absolute atomic E-state index is 14.0. The van der Waals surface area contributed by atoms with Gasteiger partial charge in [-0.1, -0.05) is 19.1 Å². The average molecular weight is 628 g/mol. The molecule has 1 aliphatic rings. The summed E-state index contributed by atoms with van der Waals surface area (Å²) in [5.74, 6) is -0.400. The van der Waals surface area contributed by atoms with E-state index in [-0.39, 0.29) is 23.5 Å². The van der Waals surface area contributed by atoms with Gasteiger partial charge in [-0.05, 0) is 69.6 Å². The molecule has 3 N–H and O–H groups in total. The van der Waals surface area contributed by atoms with E-state index in [1.807, 2.05) is 11.8 Å². The zero-order chi connectivity index (χ0) is 32.8. The lowest BCUT2D eigenvalue weighted by Crippen LogP contribution is -2.45. The minimum absolute atomic E-state index is 0.0766. The number of hydrogen-bond acceptors (Lipinski definition) is 8. The number of alkyl halides is 3. The highest BCUT2D eigenvalue weighted by Gasteiger charge is 2.34. The molecule has 242 valence electrons. The van der Waals surface area contributed by atoms with Crippen molar-refractivity contribution >= 4 is 29.2 Å². The quantitative estimate of drug-likeness (QED) is 0.259. The van der Waals surface area contributed by atoms with Crippen LogP contribution in [0.5, 0.6) is 0 Å². The summed E-state index contributed by atoms with van der Waals surface area (Å²) in [6.45, 7) is 13.6. The van der Waals surface area contributed by atoms with Crippen LogP contribution in [-0.2, 0) is 24.0 Å². The smallest absolute Gasteiger partial charge is 0.416 e. The second kappa shape index (κ2) is 14.2. The second-order valence-electron chi connectivity index (χ2n) is 11.9. The van der Waals surface area contributed by atoms with Gasteiger partial charge in [-0.25, -0.2) is 9.78 Å². The van der Waals surface area contributed by atoms with Gasteiger partial charge >= 0.3 is 12.3 Å². The second-order valence-corrected chi connectivity index (χ2v) is 11.9. The van der Waals surface area contributed by atoms with Crippen molar-refractivity contribution < 1.29 is 27.5 Å². The highest BCUT2D eigenvalue weighted by Crippen LogP contribution is 2.34. The van der Waals surface area contributed by atoms with E-state index in [9.17, 15) is 22.8 Å². The molecule has 3 aromatic rings. The van der Waals surface area contributed by atoms with Gasteiger partial charge in [-0.15, -0.1) is 0 Å². The van der Waals surface area contributed by atoms with E-state index >= 15 is 0 Å². The van der Waals surface area contributed by atoms with Gasteiger partial charge in [0.05, 0.1) is 30.2 Å². The first kappa shape index (κ1) is 33.7. The first-order valence-corrected chi connectivity index (χ1v) is 14.8. The van der Waals surface area contributed by atoms with E-state index < -0.39 is 29.3 Å². The summed E-state index contributed by atoms with van der Waals surface area (Å²) < 4.78 is 47.3. The fraction of sp³-hybridized carbons (Fsp3) is 0.438. The lowest BCUT2D eigenvalue weighted by Gasteiger charge is -2.34. The van der Waals surface area contributed by atoms with Crippen molar-refractivity contribution in [2.45, 2.75) is 59.5 Å². The van der Waals surface area contributed by atoms with Gasteiger partial charge in [0.25, 0.3) is 5.91 Å². The highest BCUT2D eigenvalue weighted by atomic mass is 19.4. The molecule has 0 bridgehead atoms. The fourth-order valence-corrected chi connectivity index (χ4v) is 4.82. The number of amides is 2. The molecule has 0 aliphatic carbocycles. The predicted molar refractivity (Wildman–Crippen MR) is 167 cm³/mol. The van der Waals surface area contributed by atoms with Crippen molar-refractivity contribution in [2.24, 2.45) is 0 Å². The van der Waals surface area contributed by atoms with Crippen LogP contribution in [0.25, 0.3) is 0 Å². The molecule has 2 heterocycles. The molecule has 4 rings (SSSR count). The van der Waals surface area contributed by atoms with Gasteiger partial charge < -0.3 is 20.3 Å². The lowest BCUT2D eigenvalue weighted by molar-refractivity contribution is -0.138.